The lowest BCUT2D eigenvalue weighted by Crippen LogP contribution is -2.44. The second kappa shape index (κ2) is 13.4. The van der Waals surface area contributed by atoms with Crippen molar-refractivity contribution in [2.45, 2.75) is 56.7 Å². The first-order valence-corrected chi connectivity index (χ1v) is 15.6. The Morgan fingerprint density at radius 3 is 2.04 bits per heavy atom. The van der Waals surface area contributed by atoms with Crippen LogP contribution in [0, 0.1) is 0 Å². The van der Waals surface area contributed by atoms with Crippen LogP contribution < -0.4 is 15.0 Å². The molecule has 0 radical (unpaired) electrons. The number of aromatic nitrogens is 1. The number of alkyl halides is 6. The van der Waals surface area contributed by atoms with E-state index >= 15 is 0 Å². The van der Waals surface area contributed by atoms with Crippen molar-refractivity contribution in [3.8, 4) is 5.75 Å². The molecule has 1 amide bonds. The van der Waals surface area contributed by atoms with Gasteiger partial charge in [0.2, 0.25) is 0 Å². The van der Waals surface area contributed by atoms with Crippen molar-refractivity contribution in [1.82, 2.24) is 15.2 Å². The van der Waals surface area contributed by atoms with E-state index in [2.05, 4.69) is 20.1 Å². The highest BCUT2D eigenvalue weighted by Gasteiger charge is 2.31. The number of amides is 1. The van der Waals surface area contributed by atoms with Gasteiger partial charge in [0.1, 0.15) is 17.4 Å². The molecule has 2 saturated heterocycles. The Bertz CT molecular complexity index is 1680. The van der Waals surface area contributed by atoms with Crippen LogP contribution in [0.3, 0.4) is 0 Å². The summed E-state index contributed by atoms with van der Waals surface area (Å²) in [5.74, 6) is 0.394. The number of benzene rings is 3. The van der Waals surface area contributed by atoms with Crippen molar-refractivity contribution < 1.29 is 35.9 Å². The standard InChI is InChI=1S/C35H34F6N4O2/c36-34(37,38)26-6-4-23(5-7-26)22-44-16-12-28(13-17-44)43-33(46)25-20-24-2-1-3-31(32(24)42-21-25)47-30-14-18-45(19-15-30)29-10-8-27(9-11-29)35(39,40)41/h1-11,20-21,28,30H,12-19,22H2,(H,43,46). The molecular formula is C35H34F6N4O2. The Labute approximate surface area is 268 Å². The molecule has 3 heterocycles. The molecule has 0 spiro atoms. The van der Waals surface area contributed by atoms with Crippen molar-refractivity contribution in [2.75, 3.05) is 31.1 Å². The maximum Gasteiger partial charge on any atom is 0.416 e. The summed E-state index contributed by atoms with van der Waals surface area (Å²) >= 11 is 0. The lowest BCUT2D eigenvalue weighted by atomic mass is 10.0. The number of para-hydroxylation sites is 1. The van der Waals surface area contributed by atoms with E-state index in [0.29, 0.717) is 62.4 Å². The van der Waals surface area contributed by atoms with E-state index in [9.17, 15) is 31.1 Å². The van der Waals surface area contributed by atoms with E-state index in [4.69, 9.17) is 4.74 Å². The molecule has 4 aromatic rings. The number of pyridine rings is 1. The van der Waals surface area contributed by atoms with Crippen LogP contribution in [0.4, 0.5) is 32.0 Å². The van der Waals surface area contributed by atoms with Gasteiger partial charge in [-0.25, -0.2) is 0 Å². The van der Waals surface area contributed by atoms with Gasteiger partial charge in [-0.05, 0) is 66.9 Å². The Kier molecular flexibility index (Phi) is 9.32. The van der Waals surface area contributed by atoms with Crippen LogP contribution in [-0.2, 0) is 18.9 Å². The van der Waals surface area contributed by atoms with E-state index in [1.54, 1.807) is 6.07 Å². The quantitative estimate of drug-likeness (QED) is 0.207. The molecule has 2 aliphatic heterocycles. The number of halogens is 6. The van der Waals surface area contributed by atoms with Crippen molar-refractivity contribution in [3.05, 3.63) is 101 Å². The fourth-order valence-corrected chi connectivity index (χ4v) is 6.19. The van der Waals surface area contributed by atoms with E-state index in [0.717, 1.165) is 53.7 Å². The third-order valence-electron chi connectivity index (χ3n) is 8.84. The average Bonchev–Trinajstić information content (AvgIpc) is 3.05. The Morgan fingerprint density at radius 2 is 1.43 bits per heavy atom. The monoisotopic (exact) mass is 656 g/mol. The summed E-state index contributed by atoms with van der Waals surface area (Å²) in [6.07, 6.45) is -4.42. The fraction of sp³-hybridized carbons (Fsp3) is 0.371. The maximum atomic E-state index is 13.1. The molecule has 0 aliphatic carbocycles. The highest BCUT2D eigenvalue weighted by Crippen LogP contribution is 2.33. The van der Waals surface area contributed by atoms with Crippen LogP contribution in [0.25, 0.3) is 10.9 Å². The van der Waals surface area contributed by atoms with Crippen molar-refractivity contribution in [2.24, 2.45) is 0 Å². The molecule has 248 valence electrons. The maximum absolute atomic E-state index is 13.1. The molecule has 1 aromatic heterocycles. The number of rotatable bonds is 7. The van der Waals surface area contributed by atoms with E-state index in [1.165, 1.54) is 30.5 Å². The summed E-state index contributed by atoms with van der Waals surface area (Å²) in [7, 11) is 0. The second-order valence-electron chi connectivity index (χ2n) is 12.1. The third-order valence-corrected chi connectivity index (χ3v) is 8.84. The molecule has 0 saturated carbocycles. The third kappa shape index (κ3) is 7.98. The predicted molar refractivity (Wildman–Crippen MR) is 166 cm³/mol. The van der Waals surface area contributed by atoms with Crippen LogP contribution in [0.15, 0.2) is 79.0 Å². The van der Waals surface area contributed by atoms with Crippen LogP contribution in [0.5, 0.6) is 5.75 Å². The molecular weight excluding hydrogens is 622 g/mol. The summed E-state index contributed by atoms with van der Waals surface area (Å²) in [5.41, 5.74) is 1.32. The van der Waals surface area contributed by atoms with Gasteiger partial charge in [-0.3, -0.25) is 14.7 Å². The predicted octanol–water partition coefficient (Wildman–Crippen LogP) is 7.71. The molecule has 2 aliphatic rings. The minimum absolute atomic E-state index is 0.0230. The minimum Gasteiger partial charge on any atom is -0.488 e. The lowest BCUT2D eigenvalue weighted by molar-refractivity contribution is -0.138. The van der Waals surface area contributed by atoms with Gasteiger partial charge in [0.15, 0.2) is 0 Å². The van der Waals surface area contributed by atoms with Crippen molar-refractivity contribution in [1.29, 1.82) is 0 Å². The molecule has 2 fully saturated rings. The number of likely N-dealkylation sites (tertiary alicyclic amines) is 1. The van der Waals surface area contributed by atoms with Gasteiger partial charge in [-0.2, -0.15) is 26.3 Å². The largest absolute Gasteiger partial charge is 0.488 e. The van der Waals surface area contributed by atoms with Gasteiger partial charge in [0.05, 0.1) is 16.7 Å². The highest BCUT2D eigenvalue weighted by atomic mass is 19.4. The summed E-state index contributed by atoms with van der Waals surface area (Å²) in [4.78, 5) is 21.9. The first-order valence-electron chi connectivity index (χ1n) is 15.6. The summed E-state index contributed by atoms with van der Waals surface area (Å²) < 4.78 is 83.6. The molecule has 1 N–H and O–H groups in total. The zero-order valence-electron chi connectivity index (χ0n) is 25.5. The SMILES string of the molecule is O=C(NC1CCN(Cc2ccc(C(F)(F)F)cc2)CC1)c1cnc2c(OC3CCN(c4ccc(C(F)(F)F)cc4)CC3)cccc2c1. The number of nitrogens with one attached hydrogen (secondary N) is 1. The molecule has 0 unspecified atom stereocenters. The van der Waals surface area contributed by atoms with Gasteiger partial charge < -0.3 is 15.0 Å². The van der Waals surface area contributed by atoms with Crippen LogP contribution in [-0.4, -0.2) is 54.1 Å². The fourth-order valence-electron chi connectivity index (χ4n) is 6.19. The average molecular weight is 657 g/mol. The van der Waals surface area contributed by atoms with E-state index < -0.39 is 23.5 Å². The highest BCUT2D eigenvalue weighted by molar-refractivity contribution is 5.98. The van der Waals surface area contributed by atoms with Crippen LogP contribution in [0.2, 0.25) is 0 Å². The summed E-state index contributed by atoms with van der Waals surface area (Å²) in [5, 5.41) is 3.86. The van der Waals surface area contributed by atoms with E-state index in [1.807, 2.05) is 18.2 Å². The second-order valence-corrected chi connectivity index (χ2v) is 12.1. The number of hydrogen-bond acceptors (Lipinski definition) is 5. The van der Waals surface area contributed by atoms with Crippen LogP contribution >= 0.6 is 0 Å². The first-order chi connectivity index (χ1) is 22.4. The number of nitrogens with zero attached hydrogens (tertiary/aromatic N) is 3. The first kappa shape index (κ1) is 32.6. The molecule has 0 atom stereocenters. The van der Waals surface area contributed by atoms with Crippen LogP contribution in [0.1, 0.15) is 52.7 Å². The van der Waals surface area contributed by atoms with Gasteiger partial charge in [0, 0.05) is 68.9 Å². The number of ether oxygens (including phenoxy) is 1. The molecule has 6 nitrogen and oxygen atoms in total. The number of fused-ring (bicyclic) bond motifs is 1. The zero-order valence-corrected chi connectivity index (χ0v) is 25.5. The zero-order chi connectivity index (χ0) is 33.2. The molecule has 3 aromatic carbocycles. The Hall–Kier alpha value is -4.32. The van der Waals surface area contributed by atoms with E-state index in [-0.39, 0.29) is 18.1 Å². The lowest BCUT2D eigenvalue weighted by Gasteiger charge is -2.34. The molecule has 0 bridgehead atoms. The number of carbonyl (C=O) groups excluding carboxylic acids is 1. The summed E-state index contributed by atoms with van der Waals surface area (Å²) in [6, 6.07) is 17.8. The number of anilines is 1. The normalized spacial score (nSPS) is 17.2. The molecule has 47 heavy (non-hydrogen) atoms. The Morgan fingerprint density at radius 1 is 0.809 bits per heavy atom. The van der Waals surface area contributed by atoms with Gasteiger partial charge in [-0.1, -0.05) is 24.3 Å². The molecule has 6 rings (SSSR count). The van der Waals surface area contributed by atoms with Crippen molar-refractivity contribution >= 4 is 22.5 Å². The van der Waals surface area contributed by atoms with Crippen molar-refractivity contribution in [3.63, 3.8) is 0 Å². The molecule has 12 heteroatoms. The number of carbonyl (C=O) groups is 1. The Balaban J connectivity index is 0.996. The van der Waals surface area contributed by atoms with Gasteiger partial charge >= 0.3 is 12.4 Å². The number of hydrogen-bond donors (Lipinski definition) is 1. The summed E-state index contributed by atoms with van der Waals surface area (Å²) in [6.45, 7) is 3.27. The minimum atomic E-state index is -4.36. The number of piperidine rings is 2. The van der Waals surface area contributed by atoms with Gasteiger partial charge in [0.25, 0.3) is 5.91 Å². The smallest absolute Gasteiger partial charge is 0.416 e. The topological polar surface area (TPSA) is 57.7 Å². The van der Waals surface area contributed by atoms with Gasteiger partial charge in [-0.15, -0.1) is 0 Å².